The fourth-order valence-corrected chi connectivity index (χ4v) is 5.59. The minimum absolute atomic E-state index is 0. The molecule has 0 aromatic rings. The van der Waals surface area contributed by atoms with Gasteiger partial charge >= 0.3 is 0 Å². The first-order chi connectivity index (χ1) is 14.3. The van der Waals surface area contributed by atoms with Crippen molar-refractivity contribution in [1.29, 1.82) is 0 Å². The summed E-state index contributed by atoms with van der Waals surface area (Å²) in [6, 6.07) is 0. The molecule has 0 aromatic carbocycles. The van der Waals surface area contributed by atoms with Gasteiger partial charge in [0.05, 0.1) is 80.0 Å². The first-order valence-electron chi connectivity index (χ1n) is 13.8. The second-order valence-electron chi connectivity index (χ2n) is 11.6. The Balaban J connectivity index is -0.000000391. The van der Waals surface area contributed by atoms with Gasteiger partial charge in [-0.05, 0) is 19.3 Å². The first kappa shape index (κ1) is 38.3. The van der Waals surface area contributed by atoms with Gasteiger partial charge in [0.15, 0.2) is 0 Å². The lowest BCUT2D eigenvalue weighted by Crippen LogP contribution is -3.00. The molecule has 0 spiro atoms. The molecule has 33 heavy (non-hydrogen) atoms. The van der Waals surface area contributed by atoms with E-state index in [2.05, 4.69) is 41.9 Å². The maximum absolute atomic E-state index is 2.41. The Morgan fingerprint density at radius 3 is 0.727 bits per heavy atom. The van der Waals surface area contributed by atoms with Crippen LogP contribution < -0.4 is 37.2 Å². The van der Waals surface area contributed by atoms with E-state index in [1.807, 2.05) is 0 Å². The second kappa shape index (κ2) is 20.9. The maximum atomic E-state index is 2.41. The van der Waals surface area contributed by atoms with Crippen LogP contribution in [0.2, 0.25) is 0 Å². The van der Waals surface area contributed by atoms with Crippen LogP contribution in [0.5, 0.6) is 0 Å². The predicted molar refractivity (Wildman–Crippen MR) is 135 cm³/mol. The van der Waals surface area contributed by atoms with Crippen molar-refractivity contribution in [1.82, 2.24) is 0 Å². The van der Waals surface area contributed by atoms with Crippen LogP contribution in [0.1, 0.15) is 97.8 Å². The van der Waals surface area contributed by atoms with Gasteiger partial charge in [0.1, 0.15) is 0 Å². The lowest BCUT2D eigenvalue weighted by atomic mass is 10.3. The minimum atomic E-state index is 0. The van der Waals surface area contributed by atoms with Gasteiger partial charge in [-0.2, -0.15) is 0 Å². The molecule has 0 unspecified atom stereocenters. The summed E-state index contributed by atoms with van der Waals surface area (Å²) in [5.74, 6) is 0. The summed E-state index contributed by atoms with van der Waals surface area (Å²) in [5, 5.41) is 0. The SMILES string of the molecule is CCCC[N+]1(C)CCCC1.CCCC[N+]1(C)CCCC1.CCCC[N+]1(C)CCCC1.[Cl-].[Cl-].[Cl-]. The van der Waals surface area contributed by atoms with Crippen molar-refractivity contribution in [2.24, 2.45) is 0 Å². The molecule has 0 radical (unpaired) electrons. The fraction of sp³-hybridized carbons (Fsp3) is 1.00. The summed E-state index contributed by atoms with van der Waals surface area (Å²) >= 11 is 0. The molecule has 0 N–H and O–H groups in total. The van der Waals surface area contributed by atoms with Gasteiger partial charge in [-0.3, -0.25) is 0 Å². The molecular formula is C27H60Cl3N3. The highest BCUT2D eigenvalue weighted by atomic mass is 35.5. The van der Waals surface area contributed by atoms with Crippen molar-refractivity contribution in [3.63, 3.8) is 0 Å². The molecule has 0 aliphatic carbocycles. The van der Waals surface area contributed by atoms with E-state index in [0.29, 0.717) is 0 Å². The van der Waals surface area contributed by atoms with Gasteiger partial charge in [-0.25, -0.2) is 0 Å². The lowest BCUT2D eigenvalue weighted by molar-refractivity contribution is -0.897. The Morgan fingerprint density at radius 1 is 0.394 bits per heavy atom. The highest BCUT2D eigenvalue weighted by Crippen LogP contribution is 2.18. The molecule has 0 atom stereocenters. The van der Waals surface area contributed by atoms with Gasteiger partial charge in [0.25, 0.3) is 0 Å². The molecule has 3 aliphatic heterocycles. The normalized spacial score (nSPS) is 21.3. The number of hydrogen-bond donors (Lipinski definition) is 0. The minimum Gasteiger partial charge on any atom is -1.00 e. The second-order valence-corrected chi connectivity index (χ2v) is 11.6. The third-order valence-corrected chi connectivity index (χ3v) is 8.09. The van der Waals surface area contributed by atoms with E-state index in [0.717, 1.165) is 0 Å². The number of nitrogens with zero attached hydrogens (tertiary/aromatic N) is 3. The third kappa shape index (κ3) is 16.9. The molecule has 3 nitrogen and oxygen atoms in total. The van der Waals surface area contributed by atoms with Crippen molar-refractivity contribution in [3.8, 4) is 0 Å². The van der Waals surface area contributed by atoms with Crippen molar-refractivity contribution in [2.45, 2.75) is 97.8 Å². The van der Waals surface area contributed by atoms with Crippen LogP contribution in [0.3, 0.4) is 0 Å². The van der Waals surface area contributed by atoms with Gasteiger partial charge in [0, 0.05) is 38.5 Å². The lowest BCUT2D eigenvalue weighted by Gasteiger charge is -2.28. The van der Waals surface area contributed by atoms with E-state index in [-0.39, 0.29) is 37.2 Å². The number of quaternary nitrogens is 3. The van der Waals surface area contributed by atoms with E-state index in [4.69, 9.17) is 0 Å². The van der Waals surface area contributed by atoms with Gasteiger partial charge in [-0.1, -0.05) is 40.0 Å². The number of hydrogen-bond acceptors (Lipinski definition) is 0. The van der Waals surface area contributed by atoms with E-state index in [9.17, 15) is 0 Å². The van der Waals surface area contributed by atoms with E-state index in [1.165, 1.54) is 149 Å². The van der Waals surface area contributed by atoms with Crippen LogP contribution in [-0.2, 0) is 0 Å². The van der Waals surface area contributed by atoms with Crippen LogP contribution in [0.15, 0.2) is 0 Å². The average Bonchev–Trinajstić information content (AvgIpc) is 3.47. The molecule has 3 fully saturated rings. The molecule has 0 amide bonds. The number of likely N-dealkylation sites (tertiary alicyclic amines) is 3. The monoisotopic (exact) mass is 531 g/mol. The van der Waals surface area contributed by atoms with Crippen LogP contribution in [-0.4, -0.2) is 93.5 Å². The zero-order chi connectivity index (χ0) is 22.3. The van der Waals surface area contributed by atoms with Crippen LogP contribution in [0, 0.1) is 0 Å². The third-order valence-electron chi connectivity index (χ3n) is 8.09. The Labute approximate surface area is 228 Å². The molecule has 3 aliphatic rings. The predicted octanol–water partition coefficient (Wildman–Crippen LogP) is -2.91. The molecule has 0 saturated carbocycles. The molecule has 3 rings (SSSR count). The molecule has 0 aromatic heterocycles. The van der Waals surface area contributed by atoms with Crippen LogP contribution >= 0.6 is 0 Å². The largest absolute Gasteiger partial charge is 1.00 e. The number of halogens is 3. The van der Waals surface area contributed by atoms with Crippen molar-refractivity contribution in [2.75, 3.05) is 80.0 Å². The highest BCUT2D eigenvalue weighted by molar-refractivity contribution is 4.53. The van der Waals surface area contributed by atoms with E-state index in [1.54, 1.807) is 0 Å². The molecule has 204 valence electrons. The molecular weight excluding hydrogens is 473 g/mol. The zero-order valence-electron chi connectivity index (χ0n) is 23.3. The van der Waals surface area contributed by atoms with Crippen molar-refractivity contribution in [3.05, 3.63) is 0 Å². The first-order valence-corrected chi connectivity index (χ1v) is 13.8. The summed E-state index contributed by atoms with van der Waals surface area (Å²) in [4.78, 5) is 0. The Hall–Kier alpha value is 0.750. The maximum Gasteiger partial charge on any atom is 0.0786 e. The topological polar surface area (TPSA) is 0 Å². The Morgan fingerprint density at radius 2 is 0.576 bits per heavy atom. The fourth-order valence-electron chi connectivity index (χ4n) is 5.59. The summed E-state index contributed by atoms with van der Waals surface area (Å²) in [7, 11) is 7.22. The summed E-state index contributed by atoms with van der Waals surface area (Å²) in [6.07, 6.45) is 17.1. The van der Waals surface area contributed by atoms with Gasteiger partial charge < -0.3 is 50.7 Å². The van der Waals surface area contributed by atoms with E-state index >= 15 is 0 Å². The Kier molecular flexibility index (Phi) is 24.2. The highest BCUT2D eigenvalue weighted by Gasteiger charge is 2.26. The van der Waals surface area contributed by atoms with Gasteiger partial charge in [-0.15, -0.1) is 0 Å². The Bertz CT molecular complexity index is 355. The average molecular weight is 533 g/mol. The zero-order valence-corrected chi connectivity index (χ0v) is 25.6. The number of rotatable bonds is 9. The number of unbranched alkanes of at least 4 members (excludes halogenated alkanes) is 3. The van der Waals surface area contributed by atoms with Crippen LogP contribution in [0.25, 0.3) is 0 Å². The van der Waals surface area contributed by atoms with Crippen LogP contribution in [0.4, 0.5) is 0 Å². The van der Waals surface area contributed by atoms with Gasteiger partial charge in [0.2, 0.25) is 0 Å². The summed E-state index contributed by atoms with van der Waals surface area (Å²) in [5.41, 5.74) is 0. The quantitative estimate of drug-likeness (QED) is 0.279. The molecule has 3 heterocycles. The molecule has 0 bridgehead atoms. The molecule has 6 heteroatoms. The standard InChI is InChI=1S/3C9H20N.3ClH/c3*1-3-4-7-10(2)8-5-6-9-10;;;/h3*3-9H2,1-2H3;3*1H/q3*+1;;;/p-3. The summed E-state index contributed by atoms with van der Waals surface area (Å²) < 4.78 is 4.06. The van der Waals surface area contributed by atoms with Crippen molar-refractivity contribution >= 4 is 0 Å². The smallest absolute Gasteiger partial charge is 0.0786 e. The van der Waals surface area contributed by atoms with E-state index < -0.39 is 0 Å². The summed E-state index contributed by atoms with van der Waals surface area (Å²) in [6.45, 7) is 19.7. The van der Waals surface area contributed by atoms with Crippen molar-refractivity contribution < 1.29 is 50.7 Å². The molecule has 3 saturated heterocycles.